The summed E-state index contributed by atoms with van der Waals surface area (Å²) in [6.07, 6.45) is 5.03. The highest BCUT2D eigenvalue weighted by molar-refractivity contribution is 5.82. The van der Waals surface area contributed by atoms with E-state index in [0.29, 0.717) is 23.9 Å². The third-order valence-corrected chi connectivity index (χ3v) is 4.48. The van der Waals surface area contributed by atoms with Gasteiger partial charge in [0.2, 0.25) is 5.91 Å². The summed E-state index contributed by atoms with van der Waals surface area (Å²) in [6.45, 7) is 0.532. The molecule has 2 aliphatic carbocycles. The minimum absolute atomic E-state index is 0.208. The van der Waals surface area contributed by atoms with Crippen LogP contribution < -0.4 is 5.32 Å². The van der Waals surface area contributed by atoms with Crippen molar-refractivity contribution in [1.29, 1.82) is 5.26 Å². The number of hydrogen-bond donors (Lipinski definition) is 1. The fourth-order valence-corrected chi connectivity index (χ4v) is 3.44. The van der Waals surface area contributed by atoms with Crippen LogP contribution in [0, 0.1) is 29.1 Å². The molecule has 2 saturated carbocycles. The molecule has 0 spiro atoms. The molecule has 0 saturated heterocycles. The maximum atomic E-state index is 12.1. The number of nitrogens with one attached hydrogen (secondary N) is 1. The van der Waals surface area contributed by atoms with Crippen LogP contribution in [0.5, 0.6) is 0 Å². The quantitative estimate of drug-likeness (QED) is 0.901. The van der Waals surface area contributed by atoms with Crippen molar-refractivity contribution in [2.75, 3.05) is 0 Å². The van der Waals surface area contributed by atoms with Crippen molar-refractivity contribution in [1.82, 2.24) is 5.32 Å². The first-order valence-corrected chi connectivity index (χ1v) is 7.06. The van der Waals surface area contributed by atoms with Gasteiger partial charge >= 0.3 is 0 Å². The number of nitriles is 1. The molecule has 0 aromatic heterocycles. The predicted octanol–water partition coefficient (Wildman–Crippen LogP) is 2.61. The van der Waals surface area contributed by atoms with Crippen molar-refractivity contribution in [2.45, 2.75) is 32.2 Å². The zero-order valence-electron chi connectivity index (χ0n) is 10.9. The Kier molecular flexibility index (Phi) is 3.25. The van der Waals surface area contributed by atoms with Crippen LogP contribution in [0.4, 0.5) is 0 Å². The lowest BCUT2D eigenvalue weighted by Crippen LogP contribution is -2.25. The molecule has 2 aliphatic rings. The number of carbonyl (C=O) groups excluding carboxylic acids is 1. The highest BCUT2D eigenvalue weighted by atomic mass is 16.2. The van der Waals surface area contributed by atoms with E-state index < -0.39 is 0 Å². The summed E-state index contributed by atoms with van der Waals surface area (Å²) in [5.41, 5.74) is 1.64. The summed E-state index contributed by atoms with van der Waals surface area (Å²) >= 11 is 0. The van der Waals surface area contributed by atoms with Crippen LogP contribution in [-0.2, 0) is 11.3 Å². The maximum absolute atomic E-state index is 12.1. The molecule has 1 N–H and O–H groups in total. The molecule has 2 fully saturated rings. The van der Waals surface area contributed by atoms with Gasteiger partial charge in [-0.25, -0.2) is 0 Å². The Morgan fingerprint density at radius 3 is 2.74 bits per heavy atom. The van der Waals surface area contributed by atoms with Gasteiger partial charge in [-0.15, -0.1) is 0 Å². The molecule has 3 heteroatoms. The van der Waals surface area contributed by atoms with Gasteiger partial charge < -0.3 is 5.32 Å². The van der Waals surface area contributed by atoms with Gasteiger partial charge in [-0.2, -0.15) is 5.26 Å². The molecule has 0 radical (unpaired) electrons. The van der Waals surface area contributed by atoms with Crippen molar-refractivity contribution < 1.29 is 4.79 Å². The van der Waals surface area contributed by atoms with Crippen molar-refractivity contribution in [3.63, 3.8) is 0 Å². The first-order chi connectivity index (χ1) is 9.29. The van der Waals surface area contributed by atoms with Gasteiger partial charge in [0, 0.05) is 12.5 Å². The smallest absolute Gasteiger partial charge is 0.223 e. The molecule has 1 aromatic rings. The van der Waals surface area contributed by atoms with E-state index in [0.717, 1.165) is 5.56 Å². The fraction of sp³-hybridized carbons (Fsp3) is 0.500. The Hall–Kier alpha value is -1.82. The van der Waals surface area contributed by atoms with Crippen molar-refractivity contribution in [3.8, 4) is 6.07 Å². The maximum Gasteiger partial charge on any atom is 0.223 e. The number of rotatable bonds is 3. The van der Waals surface area contributed by atoms with Gasteiger partial charge in [-0.05, 0) is 42.4 Å². The lowest BCUT2D eigenvalue weighted by atomic mass is 10.0. The highest BCUT2D eigenvalue weighted by Crippen LogP contribution is 2.55. The molecule has 1 aromatic carbocycles. The molecule has 19 heavy (non-hydrogen) atoms. The Morgan fingerprint density at radius 1 is 1.32 bits per heavy atom. The number of carbonyl (C=O) groups is 1. The first kappa shape index (κ1) is 12.2. The van der Waals surface area contributed by atoms with Gasteiger partial charge in [0.25, 0.3) is 0 Å². The SMILES string of the molecule is N#Cc1cccc(CNC(=O)C2C3CCCCC32)c1. The predicted molar refractivity (Wildman–Crippen MR) is 71.9 cm³/mol. The molecule has 0 aliphatic heterocycles. The van der Waals surface area contributed by atoms with Gasteiger partial charge in [0.1, 0.15) is 0 Å². The van der Waals surface area contributed by atoms with Crippen LogP contribution in [0.15, 0.2) is 24.3 Å². The lowest BCUT2D eigenvalue weighted by molar-refractivity contribution is -0.123. The minimum Gasteiger partial charge on any atom is -0.352 e. The number of fused-ring (bicyclic) bond motifs is 1. The fourth-order valence-electron chi connectivity index (χ4n) is 3.44. The Morgan fingerprint density at radius 2 is 2.05 bits per heavy atom. The molecule has 3 nitrogen and oxygen atoms in total. The van der Waals surface area contributed by atoms with E-state index in [2.05, 4.69) is 11.4 Å². The standard InChI is InChI=1S/C16H18N2O/c17-9-11-4-3-5-12(8-11)10-18-16(19)15-13-6-1-2-7-14(13)15/h3-5,8,13-15H,1-2,6-7,10H2,(H,18,19). The van der Waals surface area contributed by atoms with E-state index in [4.69, 9.17) is 5.26 Å². The molecule has 0 bridgehead atoms. The summed E-state index contributed by atoms with van der Waals surface area (Å²) in [5, 5.41) is 11.9. The summed E-state index contributed by atoms with van der Waals surface area (Å²) in [5.74, 6) is 1.78. The van der Waals surface area contributed by atoms with Crippen LogP contribution in [-0.4, -0.2) is 5.91 Å². The monoisotopic (exact) mass is 254 g/mol. The number of benzene rings is 1. The number of hydrogen-bond acceptors (Lipinski definition) is 2. The van der Waals surface area contributed by atoms with E-state index in [1.165, 1.54) is 25.7 Å². The van der Waals surface area contributed by atoms with Crippen LogP contribution in [0.2, 0.25) is 0 Å². The Bertz CT molecular complexity index is 520. The van der Waals surface area contributed by atoms with Gasteiger partial charge in [-0.1, -0.05) is 25.0 Å². The van der Waals surface area contributed by atoms with Crippen molar-refractivity contribution in [2.24, 2.45) is 17.8 Å². The largest absolute Gasteiger partial charge is 0.352 e. The topological polar surface area (TPSA) is 52.9 Å². The third-order valence-electron chi connectivity index (χ3n) is 4.48. The molecule has 2 atom stereocenters. The Labute approximate surface area is 113 Å². The summed E-state index contributed by atoms with van der Waals surface area (Å²) < 4.78 is 0. The lowest BCUT2D eigenvalue weighted by Gasteiger charge is -2.05. The molecule has 0 heterocycles. The number of amides is 1. The van der Waals surface area contributed by atoms with Crippen LogP contribution >= 0.6 is 0 Å². The second-order valence-electron chi connectivity index (χ2n) is 5.67. The van der Waals surface area contributed by atoms with Gasteiger partial charge in [0.15, 0.2) is 0 Å². The molecule has 1 amide bonds. The second kappa shape index (κ2) is 5.05. The summed E-state index contributed by atoms with van der Waals surface area (Å²) in [4.78, 5) is 12.1. The molecular formula is C16H18N2O. The normalized spacial score (nSPS) is 28.1. The summed E-state index contributed by atoms with van der Waals surface area (Å²) in [6, 6.07) is 9.53. The van der Waals surface area contributed by atoms with E-state index in [1.54, 1.807) is 6.07 Å². The van der Waals surface area contributed by atoms with E-state index in [-0.39, 0.29) is 11.8 Å². The first-order valence-electron chi connectivity index (χ1n) is 7.06. The third kappa shape index (κ3) is 2.49. The zero-order valence-corrected chi connectivity index (χ0v) is 10.9. The van der Waals surface area contributed by atoms with E-state index in [1.807, 2.05) is 18.2 Å². The molecule has 98 valence electrons. The average Bonchev–Trinajstić information content (AvgIpc) is 3.19. The zero-order chi connectivity index (χ0) is 13.2. The van der Waals surface area contributed by atoms with Gasteiger partial charge in [-0.3, -0.25) is 4.79 Å². The van der Waals surface area contributed by atoms with Crippen LogP contribution in [0.3, 0.4) is 0 Å². The van der Waals surface area contributed by atoms with Crippen LogP contribution in [0.1, 0.15) is 36.8 Å². The average molecular weight is 254 g/mol. The Balaban J connectivity index is 1.55. The van der Waals surface area contributed by atoms with Crippen LogP contribution in [0.25, 0.3) is 0 Å². The number of nitrogens with zero attached hydrogens (tertiary/aromatic N) is 1. The molecule has 3 rings (SSSR count). The van der Waals surface area contributed by atoms with E-state index in [9.17, 15) is 4.79 Å². The molecule has 2 unspecified atom stereocenters. The van der Waals surface area contributed by atoms with E-state index >= 15 is 0 Å². The molecular weight excluding hydrogens is 236 g/mol. The van der Waals surface area contributed by atoms with Crippen molar-refractivity contribution in [3.05, 3.63) is 35.4 Å². The highest BCUT2D eigenvalue weighted by Gasteiger charge is 2.54. The van der Waals surface area contributed by atoms with Gasteiger partial charge in [0.05, 0.1) is 11.6 Å². The minimum atomic E-state index is 0.208. The summed E-state index contributed by atoms with van der Waals surface area (Å²) in [7, 11) is 0. The van der Waals surface area contributed by atoms with Crippen molar-refractivity contribution >= 4 is 5.91 Å². The second-order valence-corrected chi connectivity index (χ2v) is 5.67.